The third kappa shape index (κ3) is 5.64. The van der Waals surface area contributed by atoms with Crippen LogP contribution in [-0.4, -0.2) is 32.3 Å². The van der Waals surface area contributed by atoms with E-state index in [4.69, 9.17) is 16.3 Å². The van der Waals surface area contributed by atoms with Crippen LogP contribution in [0.3, 0.4) is 0 Å². The summed E-state index contributed by atoms with van der Waals surface area (Å²) in [5, 5.41) is 2.99. The first-order chi connectivity index (χ1) is 15.2. The molecule has 0 bridgehead atoms. The molecule has 0 radical (unpaired) electrons. The summed E-state index contributed by atoms with van der Waals surface area (Å²) in [5.74, 6) is -0.823. The van der Waals surface area contributed by atoms with E-state index in [1.165, 1.54) is 43.5 Å². The Morgan fingerprint density at radius 3 is 2.44 bits per heavy atom. The summed E-state index contributed by atoms with van der Waals surface area (Å²) in [4.78, 5) is 12.8. The summed E-state index contributed by atoms with van der Waals surface area (Å²) in [6, 6.07) is 16.7. The van der Waals surface area contributed by atoms with Gasteiger partial charge in [0.05, 0.1) is 24.2 Å². The number of sulfonamides is 1. The van der Waals surface area contributed by atoms with Gasteiger partial charge in [0.15, 0.2) is 0 Å². The van der Waals surface area contributed by atoms with Crippen LogP contribution in [0.1, 0.15) is 11.1 Å². The predicted molar refractivity (Wildman–Crippen MR) is 122 cm³/mol. The third-order valence-corrected chi connectivity index (χ3v) is 6.76. The Kier molecular flexibility index (Phi) is 7.50. The van der Waals surface area contributed by atoms with Gasteiger partial charge in [-0.25, -0.2) is 12.8 Å². The van der Waals surface area contributed by atoms with Crippen molar-refractivity contribution >= 4 is 33.2 Å². The van der Waals surface area contributed by atoms with Crippen molar-refractivity contribution in [3.63, 3.8) is 0 Å². The first kappa shape index (κ1) is 23.7. The highest BCUT2D eigenvalue weighted by Gasteiger charge is 2.28. The zero-order valence-electron chi connectivity index (χ0n) is 17.5. The summed E-state index contributed by atoms with van der Waals surface area (Å²) in [6.45, 7) is 0.975. The number of benzene rings is 3. The van der Waals surface area contributed by atoms with Gasteiger partial charge in [0.25, 0.3) is 0 Å². The fourth-order valence-electron chi connectivity index (χ4n) is 3.03. The van der Waals surface area contributed by atoms with Crippen molar-refractivity contribution < 1.29 is 22.3 Å². The standard InChI is InChI=1S/C23H22ClFN2O4S/c1-16-7-10-19(11-8-16)32(29,30)27(14-17-5-3-4-6-20(17)25)15-23(28)26-21-13-18(24)9-12-22(21)31-2/h3-13H,14-15H2,1-2H3,(H,26,28). The second kappa shape index (κ2) is 10.1. The number of carbonyl (C=O) groups excluding carboxylic acids is 1. The van der Waals surface area contributed by atoms with Crippen LogP contribution >= 0.6 is 11.6 Å². The SMILES string of the molecule is COc1ccc(Cl)cc1NC(=O)CN(Cc1ccccc1F)S(=O)(=O)c1ccc(C)cc1. The van der Waals surface area contributed by atoms with Crippen molar-refractivity contribution in [3.05, 3.63) is 88.7 Å². The van der Waals surface area contributed by atoms with E-state index in [1.807, 2.05) is 6.92 Å². The minimum atomic E-state index is -4.10. The van der Waals surface area contributed by atoms with Gasteiger partial charge in [-0.2, -0.15) is 4.31 Å². The molecule has 3 rings (SSSR count). The maximum atomic E-state index is 14.3. The smallest absolute Gasteiger partial charge is 0.243 e. The number of amides is 1. The Labute approximate surface area is 191 Å². The van der Waals surface area contributed by atoms with E-state index in [9.17, 15) is 17.6 Å². The van der Waals surface area contributed by atoms with Crippen LogP contribution in [0.15, 0.2) is 71.6 Å². The van der Waals surface area contributed by atoms with Gasteiger partial charge in [0.1, 0.15) is 11.6 Å². The first-order valence-corrected chi connectivity index (χ1v) is 11.5. The summed E-state index contributed by atoms with van der Waals surface area (Å²) in [7, 11) is -2.66. The van der Waals surface area contributed by atoms with E-state index < -0.39 is 28.3 Å². The van der Waals surface area contributed by atoms with Crippen molar-refractivity contribution in [3.8, 4) is 5.75 Å². The average molecular weight is 477 g/mol. The third-order valence-electron chi connectivity index (χ3n) is 4.72. The van der Waals surface area contributed by atoms with E-state index >= 15 is 0 Å². The van der Waals surface area contributed by atoms with Gasteiger partial charge in [-0.05, 0) is 43.3 Å². The minimum Gasteiger partial charge on any atom is -0.495 e. The van der Waals surface area contributed by atoms with Gasteiger partial charge in [0, 0.05) is 17.1 Å². The number of hydrogen-bond donors (Lipinski definition) is 1. The van der Waals surface area contributed by atoms with Crippen LogP contribution in [0.4, 0.5) is 10.1 Å². The number of halogens is 2. The lowest BCUT2D eigenvalue weighted by Gasteiger charge is -2.22. The number of nitrogens with one attached hydrogen (secondary N) is 1. The highest BCUT2D eigenvalue weighted by Crippen LogP contribution is 2.28. The maximum Gasteiger partial charge on any atom is 0.243 e. The van der Waals surface area contributed by atoms with Crippen molar-refractivity contribution in [2.45, 2.75) is 18.4 Å². The van der Waals surface area contributed by atoms with Crippen LogP contribution in [0.25, 0.3) is 0 Å². The highest BCUT2D eigenvalue weighted by molar-refractivity contribution is 7.89. The number of methoxy groups -OCH3 is 1. The first-order valence-electron chi connectivity index (χ1n) is 9.64. The zero-order valence-corrected chi connectivity index (χ0v) is 19.1. The molecule has 0 atom stereocenters. The molecule has 0 aliphatic heterocycles. The predicted octanol–water partition coefficient (Wildman–Crippen LogP) is 4.63. The van der Waals surface area contributed by atoms with Crippen molar-refractivity contribution in [1.29, 1.82) is 0 Å². The molecule has 1 N–H and O–H groups in total. The van der Waals surface area contributed by atoms with Gasteiger partial charge in [-0.1, -0.05) is 47.5 Å². The van der Waals surface area contributed by atoms with Crippen LogP contribution in [0.5, 0.6) is 5.75 Å². The quantitative estimate of drug-likeness (QED) is 0.514. The molecule has 3 aromatic rings. The summed E-state index contributed by atoms with van der Waals surface area (Å²) >= 11 is 6.00. The van der Waals surface area contributed by atoms with E-state index in [0.29, 0.717) is 16.5 Å². The number of aryl methyl sites for hydroxylation is 1. The molecule has 0 aliphatic rings. The molecule has 3 aromatic carbocycles. The molecule has 0 spiro atoms. The molecule has 0 aromatic heterocycles. The minimum absolute atomic E-state index is 0.00701. The number of rotatable bonds is 8. The van der Waals surface area contributed by atoms with Gasteiger partial charge in [-0.15, -0.1) is 0 Å². The Hall–Kier alpha value is -2.94. The van der Waals surface area contributed by atoms with E-state index in [2.05, 4.69) is 5.32 Å². The fraction of sp³-hybridized carbons (Fsp3) is 0.174. The fourth-order valence-corrected chi connectivity index (χ4v) is 4.58. The lowest BCUT2D eigenvalue weighted by Crippen LogP contribution is -2.37. The van der Waals surface area contributed by atoms with Crippen molar-refractivity contribution in [2.75, 3.05) is 19.0 Å². The molecular weight excluding hydrogens is 455 g/mol. The van der Waals surface area contributed by atoms with Crippen LogP contribution in [0.2, 0.25) is 5.02 Å². The Morgan fingerprint density at radius 2 is 1.78 bits per heavy atom. The molecule has 6 nitrogen and oxygen atoms in total. The number of nitrogens with zero attached hydrogens (tertiary/aromatic N) is 1. The number of anilines is 1. The molecule has 0 aliphatic carbocycles. The topological polar surface area (TPSA) is 75.7 Å². The van der Waals surface area contributed by atoms with Crippen molar-refractivity contribution in [1.82, 2.24) is 4.31 Å². The van der Waals surface area contributed by atoms with Gasteiger partial charge in [-0.3, -0.25) is 4.79 Å². The van der Waals surface area contributed by atoms with E-state index in [0.717, 1.165) is 9.87 Å². The summed E-state index contributed by atoms with van der Waals surface area (Å²) < 4.78 is 47.0. The highest BCUT2D eigenvalue weighted by atomic mass is 35.5. The molecule has 9 heteroatoms. The van der Waals surface area contributed by atoms with Crippen LogP contribution < -0.4 is 10.1 Å². The Morgan fingerprint density at radius 1 is 1.09 bits per heavy atom. The van der Waals surface area contributed by atoms with Crippen LogP contribution in [-0.2, 0) is 21.4 Å². The second-order valence-electron chi connectivity index (χ2n) is 7.07. The monoisotopic (exact) mass is 476 g/mol. The molecule has 0 fully saturated rings. The van der Waals surface area contributed by atoms with Crippen LogP contribution in [0, 0.1) is 12.7 Å². The Bertz CT molecular complexity index is 1220. The summed E-state index contributed by atoms with van der Waals surface area (Å²) in [6.07, 6.45) is 0. The lowest BCUT2D eigenvalue weighted by molar-refractivity contribution is -0.116. The maximum absolute atomic E-state index is 14.3. The molecule has 168 valence electrons. The van der Waals surface area contributed by atoms with Gasteiger partial charge in [0.2, 0.25) is 15.9 Å². The van der Waals surface area contributed by atoms with E-state index in [1.54, 1.807) is 30.3 Å². The molecule has 0 saturated heterocycles. The second-order valence-corrected chi connectivity index (χ2v) is 9.44. The van der Waals surface area contributed by atoms with E-state index in [-0.39, 0.29) is 17.0 Å². The molecule has 0 saturated carbocycles. The normalized spacial score (nSPS) is 11.4. The number of hydrogen-bond acceptors (Lipinski definition) is 4. The molecular formula is C23H22ClFN2O4S. The zero-order chi connectivity index (χ0) is 23.3. The lowest BCUT2D eigenvalue weighted by atomic mass is 10.2. The largest absolute Gasteiger partial charge is 0.495 e. The van der Waals surface area contributed by atoms with Gasteiger partial charge < -0.3 is 10.1 Å². The Balaban J connectivity index is 1.92. The average Bonchev–Trinajstić information content (AvgIpc) is 2.75. The molecule has 0 heterocycles. The molecule has 0 unspecified atom stereocenters. The summed E-state index contributed by atoms with van der Waals surface area (Å²) in [5.41, 5.74) is 1.33. The van der Waals surface area contributed by atoms with Crippen molar-refractivity contribution in [2.24, 2.45) is 0 Å². The number of carbonyl (C=O) groups is 1. The molecule has 32 heavy (non-hydrogen) atoms. The molecule has 1 amide bonds. The number of ether oxygens (including phenoxy) is 1. The van der Waals surface area contributed by atoms with Gasteiger partial charge >= 0.3 is 0 Å².